The molecule has 1 aromatic rings. The molecule has 132 valence electrons. The van der Waals surface area contributed by atoms with Crippen LogP contribution in [0.3, 0.4) is 0 Å². The van der Waals surface area contributed by atoms with Crippen molar-refractivity contribution < 1.29 is 9.53 Å². The van der Waals surface area contributed by atoms with Crippen LogP contribution in [0, 0.1) is 0 Å². The normalized spacial score (nSPS) is 28.0. The number of hydrogen-bond acceptors (Lipinski definition) is 4. The van der Waals surface area contributed by atoms with Gasteiger partial charge in [-0.05, 0) is 44.9 Å². The fraction of sp³-hybridized carbons (Fsp3) is 0.632. The third-order valence-electron chi connectivity index (χ3n) is 4.77. The van der Waals surface area contributed by atoms with Gasteiger partial charge in [0.05, 0.1) is 12.2 Å². The first-order valence-corrected chi connectivity index (χ1v) is 9.09. The van der Waals surface area contributed by atoms with Gasteiger partial charge in [0.15, 0.2) is 0 Å². The van der Waals surface area contributed by atoms with Gasteiger partial charge in [-0.25, -0.2) is 0 Å². The third-order valence-corrected chi connectivity index (χ3v) is 4.77. The molecule has 2 aliphatic heterocycles. The topological polar surface area (TPSA) is 53.6 Å². The van der Waals surface area contributed by atoms with Crippen LogP contribution in [0.5, 0.6) is 0 Å². The molecule has 1 aromatic carbocycles. The molecule has 3 rings (SSSR count). The monoisotopic (exact) mass is 331 g/mol. The molecule has 5 nitrogen and oxygen atoms in total. The van der Waals surface area contributed by atoms with Gasteiger partial charge in [0, 0.05) is 37.8 Å². The first kappa shape index (κ1) is 17.4. The molecule has 0 radical (unpaired) electrons. The van der Waals surface area contributed by atoms with Crippen molar-refractivity contribution in [3.63, 3.8) is 0 Å². The van der Waals surface area contributed by atoms with Gasteiger partial charge in [-0.1, -0.05) is 18.2 Å². The van der Waals surface area contributed by atoms with Crippen LogP contribution in [0.25, 0.3) is 0 Å². The smallest absolute Gasteiger partial charge is 0.225 e. The lowest BCUT2D eigenvalue weighted by Gasteiger charge is -2.35. The summed E-state index contributed by atoms with van der Waals surface area (Å²) in [6.07, 6.45) is 3.33. The molecule has 0 aromatic heterocycles. The van der Waals surface area contributed by atoms with Crippen molar-refractivity contribution >= 4 is 11.6 Å². The fourth-order valence-corrected chi connectivity index (χ4v) is 3.79. The molecule has 0 spiro atoms. The van der Waals surface area contributed by atoms with Crippen molar-refractivity contribution in [2.75, 3.05) is 25.0 Å². The van der Waals surface area contributed by atoms with Crippen LogP contribution >= 0.6 is 0 Å². The summed E-state index contributed by atoms with van der Waals surface area (Å²) in [7, 11) is 0. The SMILES string of the molecule is CC1CN(Cc2ccccc2NC(=O)CC2CCCN2)CC(C)O1. The number of morpholine rings is 1. The van der Waals surface area contributed by atoms with Crippen molar-refractivity contribution in [2.45, 2.75) is 57.9 Å². The van der Waals surface area contributed by atoms with Crippen molar-refractivity contribution in [1.82, 2.24) is 10.2 Å². The van der Waals surface area contributed by atoms with Crippen LogP contribution < -0.4 is 10.6 Å². The second-order valence-corrected chi connectivity index (χ2v) is 7.15. The number of nitrogens with zero attached hydrogens (tertiary/aromatic N) is 1. The standard InChI is InChI=1S/C19H29N3O2/c1-14-11-22(12-15(2)24-14)13-16-6-3-4-8-18(16)21-19(23)10-17-7-5-9-20-17/h3-4,6,8,14-15,17,20H,5,7,9-13H2,1-2H3,(H,21,23). The van der Waals surface area contributed by atoms with Crippen LogP contribution in [-0.4, -0.2) is 48.7 Å². The van der Waals surface area contributed by atoms with E-state index in [-0.39, 0.29) is 18.1 Å². The molecule has 5 heteroatoms. The van der Waals surface area contributed by atoms with Crippen LogP contribution in [0.1, 0.15) is 38.7 Å². The zero-order valence-corrected chi connectivity index (χ0v) is 14.8. The Kier molecular flexibility index (Phi) is 5.87. The minimum absolute atomic E-state index is 0.102. The van der Waals surface area contributed by atoms with E-state index < -0.39 is 0 Å². The fourth-order valence-electron chi connectivity index (χ4n) is 3.79. The molecule has 2 heterocycles. The lowest BCUT2D eigenvalue weighted by atomic mass is 10.1. The Labute approximate surface area is 144 Å². The number of anilines is 1. The molecule has 2 N–H and O–H groups in total. The van der Waals surface area contributed by atoms with Gasteiger partial charge in [-0.3, -0.25) is 9.69 Å². The van der Waals surface area contributed by atoms with Crippen LogP contribution in [0.15, 0.2) is 24.3 Å². The van der Waals surface area contributed by atoms with Crippen molar-refractivity contribution in [2.24, 2.45) is 0 Å². The summed E-state index contributed by atoms with van der Waals surface area (Å²) in [6, 6.07) is 8.46. The van der Waals surface area contributed by atoms with Gasteiger partial charge in [-0.15, -0.1) is 0 Å². The van der Waals surface area contributed by atoms with E-state index in [1.807, 2.05) is 18.2 Å². The van der Waals surface area contributed by atoms with Gasteiger partial charge < -0.3 is 15.4 Å². The van der Waals surface area contributed by atoms with Gasteiger partial charge in [0.25, 0.3) is 0 Å². The second kappa shape index (κ2) is 8.10. The summed E-state index contributed by atoms with van der Waals surface area (Å²) >= 11 is 0. The summed E-state index contributed by atoms with van der Waals surface area (Å²) in [6.45, 7) is 7.96. The molecule has 0 aliphatic carbocycles. The summed E-state index contributed by atoms with van der Waals surface area (Å²) in [5, 5.41) is 6.49. The maximum absolute atomic E-state index is 12.3. The Hall–Kier alpha value is -1.43. The van der Waals surface area contributed by atoms with E-state index in [1.54, 1.807) is 0 Å². The number of ether oxygens (including phenoxy) is 1. The van der Waals surface area contributed by atoms with Gasteiger partial charge >= 0.3 is 0 Å². The average molecular weight is 331 g/mol. The molecule has 2 saturated heterocycles. The van der Waals surface area contributed by atoms with Crippen LogP contribution in [0.4, 0.5) is 5.69 Å². The molecule has 0 bridgehead atoms. The van der Waals surface area contributed by atoms with Gasteiger partial charge in [-0.2, -0.15) is 0 Å². The molecule has 2 fully saturated rings. The predicted molar refractivity (Wildman–Crippen MR) is 96.0 cm³/mol. The van der Waals surface area contributed by atoms with E-state index in [2.05, 4.69) is 35.4 Å². The quantitative estimate of drug-likeness (QED) is 0.870. The van der Waals surface area contributed by atoms with E-state index in [1.165, 1.54) is 12.0 Å². The molecule has 2 aliphatic rings. The number of benzene rings is 1. The zero-order chi connectivity index (χ0) is 16.9. The first-order chi connectivity index (χ1) is 11.6. The first-order valence-electron chi connectivity index (χ1n) is 9.09. The Morgan fingerprint density at radius 3 is 2.75 bits per heavy atom. The highest BCUT2D eigenvalue weighted by Gasteiger charge is 2.23. The van der Waals surface area contributed by atoms with Gasteiger partial charge in [0.1, 0.15) is 0 Å². The Morgan fingerprint density at radius 2 is 2.04 bits per heavy atom. The Bertz CT molecular complexity index is 547. The molecule has 24 heavy (non-hydrogen) atoms. The number of nitrogens with one attached hydrogen (secondary N) is 2. The number of amides is 1. The molecular weight excluding hydrogens is 302 g/mol. The zero-order valence-electron chi connectivity index (χ0n) is 14.8. The summed E-state index contributed by atoms with van der Waals surface area (Å²) in [4.78, 5) is 14.7. The second-order valence-electron chi connectivity index (χ2n) is 7.15. The van der Waals surface area contributed by atoms with Crippen molar-refractivity contribution in [3.8, 4) is 0 Å². The maximum atomic E-state index is 12.3. The van der Waals surface area contributed by atoms with E-state index >= 15 is 0 Å². The van der Waals surface area contributed by atoms with E-state index in [9.17, 15) is 4.79 Å². The molecule has 0 saturated carbocycles. The number of carbonyl (C=O) groups is 1. The number of carbonyl (C=O) groups excluding carboxylic acids is 1. The molecule has 3 unspecified atom stereocenters. The van der Waals surface area contributed by atoms with E-state index in [4.69, 9.17) is 4.74 Å². The third kappa shape index (κ3) is 4.79. The molecule has 3 atom stereocenters. The maximum Gasteiger partial charge on any atom is 0.225 e. The van der Waals surface area contributed by atoms with Crippen molar-refractivity contribution in [3.05, 3.63) is 29.8 Å². The minimum atomic E-state index is 0.102. The number of hydrogen-bond donors (Lipinski definition) is 2. The van der Waals surface area contributed by atoms with Crippen LogP contribution in [0.2, 0.25) is 0 Å². The molecule has 1 amide bonds. The minimum Gasteiger partial charge on any atom is -0.373 e. The van der Waals surface area contributed by atoms with Crippen LogP contribution in [-0.2, 0) is 16.1 Å². The lowest BCUT2D eigenvalue weighted by molar-refractivity contribution is -0.116. The molecular formula is C19H29N3O2. The number of para-hydroxylation sites is 1. The number of rotatable bonds is 5. The summed E-state index contributed by atoms with van der Waals surface area (Å²) in [5.41, 5.74) is 2.11. The lowest BCUT2D eigenvalue weighted by Crippen LogP contribution is -2.44. The highest BCUT2D eigenvalue weighted by Crippen LogP contribution is 2.21. The highest BCUT2D eigenvalue weighted by atomic mass is 16.5. The summed E-state index contributed by atoms with van der Waals surface area (Å²) < 4.78 is 5.80. The van der Waals surface area contributed by atoms with Crippen molar-refractivity contribution in [1.29, 1.82) is 0 Å². The van der Waals surface area contributed by atoms with E-state index in [0.717, 1.165) is 38.3 Å². The average Bonchev–Trinajstić information content (AvgIpc) is 3.01. The Balaban J connectivity index is 1.61. The highest BCUT2D eigenvalue weighted by molar-refractivity contribution is 5.91. The predicted octanol–water partition coefficient (Wildman–Crippen LogP) is 2.38. The largest absolute Gasteiger partial charge is 0.373 e. The van der Waals surface area contributed by atoms with Gasteiger partial charge in [0.2, 0.25) is 5.91 Å². The summed E-state index contributed by atoms with van der Waals surface area (Å²) in [5.74, 6) is 0.102. The van der Waals surface area contributed by atoms with E-state index in [0.29, 0.717) is 12.5 Å². The Morgan fingerprint density at radius 1 is 1.29 bits per heavy atom.